The molecule has 0 fully saturated rings. The Morgan fingerprint density at radius 3 is 3.10 bits per heavy atom. The molecule has 0 aliphatic heterocycles. The van der Waals surface area contributed by atoms with Gasteiger partial charge in [0.2, 0.25) is 0 Å². The van der Waals surface area contributed by atoms with Crippen molar-refractivity contribution in [3.8, 4) is 0 Å². The van der Waals surface area contributed by atoms with Crippen molar-refractivity contribution in [3.05, 3.63) is 48.5 Å². The molecule has 0 spiro atoms. The number of aromatic nitrogens is 2. The number of amides is 1. The minimum Gasteiger partial charge on any atom is -0.348 e. The van der Waals surface area contributed by atoms with E-state index in [1.807, 2.05) is 11.4 Å². The molecule has 0 bridgehead atoms. The molecule has 2 aromatic heterocycles. The fraction of sp³-hybridized carbons (Fsp3) is 0.308. The highest BCUT2D eigenvalue weighted by molar-refractivity contribution is 9.10. The summed E-state index contributed by atoms with van der Waals surface area (Å²) in [4.78, 5) is 24.1. The Labute approximate surface area is 127 Å². The van der Waals surface area contributed by atoms with Gasteiger partial charge >= 0.3 is 0 Å². The number of hydrogen-bond donors (Lipinski definition) is 2. The average molecular weight is 354 g/mol. The number of carbonyl (C=O) groups is 1. The maximum atomic E-state index is 12.1. The number of rotatable bonds is 2. The van der Waals surface area contributed by atoms with Gasteiger partial charge in [-0.1, -0.05) is 0 Å². The lowest BCUT2D eigenvalue weighted by atomic mass is 9.92. The van der Waals surface area contributed by atoms with Gasteiger partial charge in [-0.2, -0.15) is 5.10 Å². The molecule has 1 amide bonds. The number of halogens is 1. The Bertz CT molecular complexity index is 710. The molecule has 104 valence electrons. The molecule has 20 heavy (non-hydrogen) atoms. The molecule has 2 aromatic rings. The SMILES string of the molecule is O=C(N[C@H]1CCc2n[nH]c(=O)cc2C1)c1cc(Br)cs1. The van der Waals surface area contributed by atoms with Gasteiger partial charge < -0.3 is 5.32 Å². The van der Waals surface area contributed by atoms with Crippen molar-refractivity contribution in [1.82, 2.24) is 15.5 Å². The van der Waals surface area contributed by atoms with Crippen LogP contribution in [0.5, 0.6) is 0 Å². The first-order valence-corrected chi connectivity index (χ1v) is 7.91. The highest BCUT2D eigenvalue weighted by Gasteiger charge is 2.22. The van der Waals surface area contributed by atoms with Crippen LogP contribution >= 0.6 is 27.3 Å². The standard InChI is InChI=1S/C13H12BrN3O2S/c14-8-5-11(20-6-8)13(19)15-9-1-2-10-7(3-9)4-12(18)17-16-10/h4-6,9H,1-3H2,(H,15,19)(H,17,18)/t9-/m0/s1. The maximum Gasteiger partial charge on any atom is 0.264 e. The molecular weight excluding hydrogens is 342 g/mol. The summed E-state index contributed by atoms with van der Waals surface area (Å²) in [6, 6.07) is 3.44. The number of nitrogens with zero attached hydrogens (tertiary/aromatic N) is 1. The molecule has 0 saturated heterocycles. The van der Waals surface area contributed by atoms with E-state index >= 15 is 0 Å². The fourth-order valence-corrected chi connectivity index (χ4v) is 3.68. The number of H-pyrrole nitrogens is 1. The van der Waals surface area contributed by atoms with Gasteiger partial charge in [-0.05, 0) is 46.8 Å². The summed E-state index contributed by atoms with van der Waals surface area (Å²) in [5, 5.41) is 11.4. The molecule has 1 aliphatic carbocycles. The zero-order chi connectivity index (χ0) is 14.1. The smallest absolute Gasteiger partial charge is 0.264 e. The van der Waals surface area contributed by atoms with Crippen LogP contribution in [0.4, 0.5) is 0 Å². The third-order valence-corrected chi connectivity index (χ3v) is 4.99. The van der Waals surface area contributed by atoms with Gasteiger partial charge in [0.05, 0.1) is 10.6 Å². The van der Waals surface area contributed by atoms with Gasteiger partial charge in [0.25, 0.3) is 11.5 Å². The van der Waals surface area contributed by atoms with Gasteiger partial charge in [0.1, 0.15) is 0 Å². The molecule has 2 N–H and O–H groups in total. The highest BCUT2D eigenvalue weighted by atomic mass is 79.9. The molecule has 3 rings (SSSR count). The van der Waals surface area contributed by atoms with E-state index in [-0.39, 0.29) is 17.5 Å². The van der Waals surface area contributed by atoms with Gasteiger partial charge in [-0.15, -0.1) is 11.3 Å². The quantitative estimate of drug-likeness (QED) is 0.865. The fourth-order valence-electron chi connectivity index (χ4n) is 2.35. The number of fused-ring (bicyclic) bond motifs is 1. The van der Waals surface area contributed by atoms with Crippen LogP contribution in [0.1, 0.15) is 27.3 Å². The number of carbonyl (C=O) groups excluding carboxylic acids is 1. The van der Waals surface area contributed by atoms with Crippen LogP contribution in [0.3, 0.4) is 0 Å². The zero-order valence-electron chi connectivity index (χ0n) is 10.5. The highest BCUT2D eigenvalue weighted by Crippen LogP contribution is 2.21. The van der Waals surface area contributed by atoms with Gasteiger partial charge in [-0.3, -0.25) is 9.59 Å². The molecule has 1 atom stereocenters. The van der Waals surface area contributed by atoms with Crippen molar-refractivity contribution < 1.29 is 4.79 Å². The van der Waals surface area contributed by atoms with E-state index in [0.29, 0.717) is 11.3 Å². The summed E-state index contributed by atoms with van der Waals surface area (Å²) in [6.45, 7) is 0. The zero-order valence-corrected chi connectivity index (χ0v) is 12.9. The van der Waals surface area contributed by atoms with Crippen molar-refractivity contribution in [2.45, 2.75) is 25.3 Å². The van der Waals surface area contributed by atoms with Crippen molar-refractivity contribution >= 4 is 33.2 Å². The topological polar surface area (TPSA) is 74.8 Å². The molecule has 2 heterocycles. The van der Waals surface area contributed by atoms with Crippen molar-refractivity contribution in [3.63, 3.8) is 0 Å². The van der Waals surface area contributed by atoms with Crippen molar-refractivity contribution in [1.29, 1.82) is 0 Å². The number of nitrogens with one attached hydrogen (secondary N) is 2. The first-order chi connectivity index (χ1) is 9.61. The van der Waals surface area contributed by atoms with E-state index in [2.05, 4.69) is 31.4 Å². The summed E-state index contributed by atoms with van der Waals surface area (Å²) in [5.74, 6) is -0.0630. The lowest BCUT2D eigenvalue weighted by Crippen LogP contribution is -2.39. The van der Waals surface area contributed by atoms with Crippen molar-refractivity contribution in [2.75, 3.05) is 0 Å². The van der Waals surface area contributed by atoms with Gasteiger partial charge in [0.15, 0.2) is 0 Å². The lowest BCUT2D eigenvalue weighted by Gasteiger charge is -2.24. The molecular formula is C13H12BrN3O2S. The van der Waals surface area contributed by atoms with Crippen LogP contribution in [0.15, 0.2) is 26.8 Å². The summed E-state index contributed by atoms with van der Waals surface area (Å²) >= 11 is 4.75. The largest absolute Gasteiger partial charge is 0.348 e. The molecule has 1 aliphatic rings. The predicted octanol–water partition coefficient (Wildman–Crippen LogP) is 1.88. The van der Waals surface area contributed by atoms with E-state index in [0.717, 1.165) is 28.6 Å². The van der Waals surface area contributed by atoms with E-state index < -0.39 is 0 Å². The number of hydrogen-bond acceptors (Lipinski definition) is 4. The normalized spacial score (nSPS) is 17.6. The van der Waals surface area contributed by atoms with Crippen LogP contribution in [0, 0.1) is 0 Å². The van der Waals surface area contributed by atoms with E-state index in [4.69, 9.17) is 0 Å². The second-order valence-electron chi connectivity index (χ2n) is 4.75. The molecule has 0 unspecified atom stereocenters. The van der Waals surface area contributed by atoms with E-state index in [9.17, 15) is 9.59 Å². The minimum absolute atomic E-state index is 0.0551. The number of thiophene rings is 1. The Morgan fingerprint density at radius 1 is 1.50 bits per heavy atom. The maximum absolute atomic E-state index is 12.1. The summed E-state index contributed by atoms with van der Waals surface area (Å²) in [5.41, 5.74) is 1.66. The summed E-state index contributed by atoms with van der Waals surface area (Å²) in [6.07, 6.45) is 2.26. The Hall–Kier alpha value is -1.47. The number of aryl methyl sites for hydroxylation is 1. The second kappa shape index (κ2) is 5.49. The Morgan fingerprint density at radius 2 is 2.35 bits per heavy atom. The predicted molar refractivity (Wildman–Crippen MR) is 80.2 cm³/mol. The third kappa shape index (κ3) is 2.83. The molecule has 7 heteroatoms. The first kappa shape index (κ1) is 13.5. The van der Waals surface area contributed by atoms with E-state index in [1.165, 1.54) is 11.3 Å². The Kier molecular flexibility index (Phi) is 3.71. The summed E-state index contributed by atoms with van der Waals surface area (Å²) < 4.78 is 0.914. The lowest BCUT2D eigenvalue weighted by molar-refractivity contribution is 0.0937. The van der Waals surface area contributed by atoms with Crippen molar-refractivity contribution in [2.24, 2.45) is 0 Å². The van der Waals surface area contributed by atoms with Crippen LogP contribution in [0.25, 0.3) is 0 Å². The van der Waals surface area contributed by atoms with Crippen LogP contribution in [-0.2, 0) is 12.8 Å². The molecule has 0 saturated carbocycles. The monoisotopic (exact) mass is 353 g/mol. The molecule has 5 nitrogen and oxygen atoms in total. The average Bonchev–Trinajstić information content (AvgIpc) is 2.85. The Balaban J connectivity index is 1.71. The third-order valence-electron chi connectivity index (χ3n) is 3.30. The van der Waals surface area contributed by atoms with Crippen LogP contribution in [-0.4, -0.2) is 22.1 Å². The first-order valence-electron chi connectivity index (χ1n) is 6.24. The van der Waals surface area contributed by atoms with E-state index in [1.54, 1.807) is 6.07 Å². The number of aromatic amines is 1. The van der Waals surface area contributed by atoms with Gasteiger partial charge in [-0.25, -0.2) is 5.10 Å². The van der Waals surface area contributed by atoms with Crippen LogP contribution < -0.4 is 10.9 Å². The molecule has 0 radical (unpaired) electrons. The second-order valence-corrected chi connectivity index (χ2v) is 6.57. The molecule has 0 aromatic carbocycles. The van der Waals surface area contributed by atoms with Gasteiger partial charge in [0, 0.05) is 22.0 Å². The summed E-state index contributed by atoms with van der Waals surface area (Å²) in [7, 11) is 0. The minimum atomic E-state index is -0.196. The van der Waals surface area contributed by atoms with Crippen LogP contribution in [0.2, 0.25) is 0 Å².